The number of rotatable bonds is 2. The van der Waals surface area contributed by atoms with Gasteiger partial charge in [0, 0.05) is 24.2 Å². The van der Waals surface area contributed by atoms with Gasteiger partial charge in [-0.05, 0) is 42.8 Å². The van der Waals surface area contributed by atoms with E-state index in [1.165, 1.54) is 0 Å². The Hall–Kier alpha value is -2.53. The fraction of sp³-hybridized carbons (Fsp3) is 0.0625. The van der Waals surface area contributed by atoms with Crippen molar-refractivity contribution in [3.05, 3.63) is 60.7 Å². The van der Waals surface area contributed by atoms with E-state index in [9.17, 15) is 0 Å². The monoisotopic (exact) mass is 292 g/mol. The maximum Gasteiger partial charge on any atom is 0.126 e. The maximum atomic E-state index is 4.67. The summed E-state index contributed by atoms with van der Waals surface area (Å²) in [6.45, 7) is 2.04. The van der Waals surface area contributed by atoms with Gasteiger partial charge in [-0.2, -0.15) is 5.10 Å². The summed E-state index contributed by atoms with van der Waals surface area (Å²) in [4.78, 5) is 8.82. The van der Waals surface area contributed by atoms with Gasteiger partial charge in [0.25, 0.3) is 0 Å². The zero-order valence-electron chi connectivity index (χ0n) is 11.4. The van der Waals surface area contributed by atoms with E-state index in [0.29, 0.717) is 0 Å². The summed E-state index contributed by atoms with van der Waals surface area (Å²) < 4.78 is 3.04. The summed E-state index contributed by atoms with van der Waals surface area (Å²) in [7, 11) is 0. The standard InChI is InChI=1S/C16H12N4S/c1-11-8-18-20(10-11)13-4-5-14-15(7-13)21-16(19-14)12-3-2-6-17-9-12/h2-10H,1H3. The number of pyridine rings is 1. The van der Waals surface area contributed by atoms with Crippen LogP contribution < -0.4 is 0 Å². The molecule has 0 aliphatic rings. The third kappa shape index (κ3) is 2.21. The number of aryl methyl sites for hydroxylation is 1. The molecule has 4 rings (SSSR count). The Bertz CT molecular complexity index is 908. The predicted molar refractivity (Wildman–Crippen MR) is 84.7 cm³/mol. The molecule has 0 amide bonds. The van der Waals surface area contributed by atoms with Gasteiger partial charge in [-0.25, -0.2) is 9.67 Å². The lowest BCUT2D eigenvalue weighted by molar-refractivity contribution is 0.882. The molecule has 0 aliphatic carbocycles. The van der Waals surface area contributed by atoms with Crippen molar-refractivity contribution < 1.29 is 0 Å². The van der Waals surface area contributed by atoms with E-state index in [-0.39, 0.29) is 0 Å². The van der Waals surface area contributed by atoms with Crippen LogP contribution in [0, 0.1) is 6.92 Å². The molecule has 1 aromatic carbocycles. The predicted octanol–water partition coefficient (Wildman–Crippen LogP) is 3.85. The van der Waals surface area contributed by atoms with E-state index in [4.69, 9.17) is 0 Å². The number of benzene rings is 1. The van der Waals surface area contributed by atoms with Crippen LogP contribution in [0.2, 0.25) is 0 Å². The summed E-state index contributed by atoms with van der Waals surface area (Å²) in [6.07, 6.45) is 7.49. The molecule has 3 heterocycles. The van der Waals surface area contributed by atoms with Crippen LogP contribution >= 0.6 is 11.3 Å². The SMILES string of the molecule is Cc1cnn(-c2ccc3nc(-c4cccnc4)sc3c2)c1. The second-order valence-corrected chi connectivity index (χ2v) is 5.91. The number of fused-ring (bicyclic) bond motifs is 1. The zero-order chi connectivity index (χ0) is 14.2. The van der Waals surface area contributed by atoms with Gasteiger partial charge >= 0.3 is 0 Å². The van der Waals surface area contributed by atoms with Gasteiger partial charge < -0.3 is 0 Å². The summed E-state index contributed by atoms with van der Waals surface area (Å²) in [5, 5.41) is 5.34. The second-order valence-electron chi connectivity index (χ2n) is 4.88. The highest BCUT2D eigenvalue weighted by Gasteiger charge is 2.08. The van der Waals surface area contributed by atoms with E-state index >= 15 is 0 Å². The Labute approximate surface area is 125 Å². The van der Waals surface area contributed by atoms with Gasteiger partial charge in [-0.1, -0.05) is 0 Å². The van der Waals surface area contributed by atoms with Gasteiger partial charge in [0.2, 0.25) is 0 Å². The number of nitrogens with zero attached hydrogens (tertiary/aromatic N) is 4. The Balaban J connectivity index is 1.82. The average Bonchev–Trinajstić information content (AvgIpc) is 3.13. The molecule has 0 N–H and O–H groups in total. The van der Waals surface area contributed by atoms with Gasteiger partial charge in [0.05, 0.1) is 22.1 Å². The first-order valence-corrected chi connectivity index (χ1v) is 7.44. The van der Waals surface area contributed by atoms with Crippen molar-refractivity contribution in [1.82, 2.24) is 19.7 Å². The summed E-state index contributed by atoms with van der Waals surface area (Å²) in [5.74, 6) is 0. The van der Waals surface area contributed by atoms with Crippen molar-refractivity contribution in [3.63, 3.8) is 0 Å². The fourth-order valence-electron chi connectivity index (χ4n) is 2.22. The quantitative estimate of drug-likeness (QED) is 0.563. The largest absolute Gasteiger partial charge is 0.264 e. The minimum Gasteiger partial charge on any atom is -0.264 e. The van der Waals surface area contributed by atoms with Crippen LogP contribution in [0.1, 0.15) is 5.56 Å². The van der Waals surface area contributed by atoms with Gasteiger partial charge in [-0.15, -0.1) is 11.3 Å². The second kappa shape index (κ2) is 4.79. The van der Waals surface area contributed by atoms with Gasteiger partial charge in [-0.3, -0.25) is 4.98 Å². The number of hydrogen-bond acceptors (Lipinski definition) is 4. The van der Waals surface area contributed by atoms with Gasteiger partial charge in [0.1, 0.15) is 5.01 Å². The Kier molecular flexibility index (Phi) is 2.79. The Morgan fingerprint density at radius 1 is 1.14 bits per heavy atom. The zero-order valence-corrected chi connectivity index (χ0v) is 12.2. The molecule has 0 fully saturated rings. The van der Waals surface area contributed by atoms with E-state index in [1.807, 2.05) is 54.5 Å². The molecular weight excluding hydrogens is 280 g/mol. The van der Waals surface area contributed by atoms with Crippen molar-refractivity contribution in [3.8, 4) is 16.3 Å². The van der Waals surface area contributed by atoms with E-state index in [2.05, 4.69) is 21.1 Å². The topological polar surface area (TPSA) is 43.6 Å². The number of aromatic nitrogens is 4. The highest BCUT2D eigenvalue weighted by molar-refractivity contribution is 7.21. The lowest BCUT2D eigenvalue weighted by Gasteiger charge is -1.99. The molecule has 5 heteroatoms. The van der Waals surface area contributed by atoms with Crippen LogP contribution in [0.25, 0.3) is 26.5 Å². The third-order valence-electron chi connectivity index (χ3n) is 3.26. The summed E-state index contributed by atoms with van der Waals surface area (Å²) in [5.41, 5.74) is 4.26. The summed E-state index contributed by atoms with van der Waals surface area (Å²) in [6, 6.07) is 10.2. The molecule has 0 unspecified atom stereocenters. The van der Waals surface area contributed by atoms with E-state index < -0.39 is 0 Å². The molecule has 0 radical (unpaired) electrons. The van der Waals surface area contributed by atoms with Crippen molar-refractivity contribution in [2.24, 2.45) is 0 Å². The van der Waals surface area contributed by atoms with Crippen LogP contribution in [0.5, 0.6) is 0 Å². The van der Waals surface area contributed by atoms with Crippen LogP contribution in [0.3, 0.4) is 0 Å². The van der Waals surface area contributed by atoms with Crippen LogP contribution in [0.4, 0.5) is 0 Å². The smallest absolute Gasteiger partial charge is 0.126 e. The lowest BCUT2D eigenvalue weighted by Crippen LogP contribution is -1.92. The Morgan fingerprint density at radius 2 is 2.10 bits per heavy atom. The first-order valence-electron chi connectivity index (χ1n) is 6.62. The first kappa shape index (κ1) is 12.2. The molecule has 0 bridgehead atoms. The molecule has 102 valence electrons. The average molecular weight is 292 g/mol. The molecule has 0 saturated carbocycles. The van der Waals surface area contributed by atoms with Crippen LogP contribution in [-0.2, 0) is 0 Å². The maximum absolute atomic E-state index is 4.67. The van der Waals surface area contributed by atoms with Crippen molar-refractivity contribution in [2.75, 3.05) is 0 Å². The first-order chi connectivity index (χ1) is 10.3. The molecule has 4 aromatic rings. The molecule has 3 aromatic heterocycles. The number of hydrogen-bond donors (Lipinski definition) is 0. The van der Waals surface area contributed by atoms with Crippen LogP contribution in [0.15, 0.2) is 55.1 Å². The van der Waals surface area contributed by atoms with Crippen molar-refractivity contribution in [1.29, 1.82) is 0 Å². The molecule has 0 atom stereocenters. The van der Waals surface area contributed by atoms with Crippen molar-refractivity contribution in [2.45, 2.75) is 6.92 Å². The molecule has 21 heavy (non-hydrogen) atoms. The van der Waals surface area contributed by atoms with Gasteiger partial charge in [0.15, 0.2) is 0 Å². The third-order valence-corrected chi connectivity index (χ3v) is 4.32. The molecular formula is C16H12N4S. The van der Waals surface area contributed by atoms with E-state index in [1.54, 1.807) is 17.5 Å². The molecule has 0 aliphatic heterocycles. The number of thiazole rings is 1. The van der Waals surface area contributed by atoms with Crippen molar-refractivity contribution >= 4 is 21.6 Å². The fourth-order valence-corrected chi connectivity index (χ4v) is 3.21. The minimum atomic E-state index is 0.992. The lowest BCUT2D eigenvalue weighted by atomic mass is 10.3. The minimum absolute atomic E-state index is 0.992. The summed E-state index contributed by atoms with van der Waals surface area (Å²) >= 11 is 1.67. The normalized spacial score (nSPS) is 11.1. The Morgan fingerprint density at radius 3 is 2.86 bits per heavy atom. The van der Waals surface area contributed by atoms with E-state index in [0.717, 1.165) is 32.0 Å². The van der Waals surface area contributed by atoms with Crippen LogP contribution in [-0.4, -0.2) is 19.7 Å². The highest BCUT2D eigenvalue weighted by atomic mass is 32.1. The molecule has 0 saturated heterocycles. The molecule has 4 nitrogen and oxygen atoms in total. The highest BCUT2D eigenvalue weighted by Crippen LogP contribution is 2.30. The molecule has 0 spiro atoms.